The molecule has 2 aromatic carbocycles. The molecule has 1 N–H and O–H groups in total. The van der Waals surface area contributed by atoms with Crippen molar-refractivity contribution in [2.75, 3.05) is 25.1 Å². The molecule has 10 heteroatoms. The van der Waals surface area contributed by atoms with Crippen molar-refractivity contribution in [3.05, 3.63) is 58.7 Å². The normalized spacial score (nSPS) is 16.8. The van der Waals surface area contributed by atoms with E-state index in [2.05, 4.69) is 10.2 Å². The molecule has 33 heavy (non-hydrogen) atoms. The standard InChI is InChI=1S/C23H23ClN4O4S/c1-32-20-8-7-17(28-10-3-6-22(28)29)13-21(20)33(30,31)27-11-9-19-18(14-27)23(26-25-19)15-4-2-5-16(24)12-15/h2,4-5,7-8,12-13H,3,6,9-11,14H2,1H3,(H,25,26). The Hall–Kier alpha value is -2.88. The Balaban J connectivity index is 1.51. The number of amides is 1. The second-order valence-electron chi connectivity index (χ2n) is 8.11. The number of nitrogens with one attached hydrogen (secondary N) is 1. The van der Waals surface area contributed by atoms with Crippen LogP contribution in [0.4, 0.5) is 5.69 Å². The molecule has 5 rings (SSSR count). The van der Waals surface area contributed by atoms with Crippen LogP contribution >= 0.6 is 11.6 Å². The van der Waals surface area contributed by atoms with E-state index in [1.54, 1.807) is 29.2 Å². The number of carbonyl (C=O) groups excluding carboxylic acids is 1. The SMILES string of the molecule is COc1ccc(N2CCCC2=O)cc1S(=O)(=O)N1CCc2[nH]nc(-c3cccc(Cl)c3)c2C1. The van der Waals surface area contributed by atoms with Crippen LogP contribution in [0.1, 0.15) is 24.1 Å². The fourth-order valence-corrected chi connectivity index (χ4v) is 6.22. The molecular weight excluding hydrogens is 464 g/mol. The zero-order valence-corrected chi connectivity index (χ0v) is 19.6. The molecule has 0 spiro atoms. The van der Waals surface area contributed by atoms with Crippen molar-refractivity contribution in [2.45, 2.75) is 30.7 Å². The second-order valence-corrected chi connectivity index (χ2v) is 10.5. The minimum absolute atomic E-state index is 0.00399. The van der Waals surface area contributed by atoms with Gasteiger partial charge in [-0.15, -0.1) is 0 Å². The average Bonchev–Trinajstić information content (AvgIpc) is 3.44. The third-order valence-corrected chi connectivity index (χ3v) is 8.25. The van der Waals surface area contributed by atoms with Gasteiger partial charge in [0.15, 0.2) is 0 Å². The topological polar surface area (TPSA) is 95.6 Å². The van der Waals surface area contributed by atoms with Gasteiger partial charge in [0, 0.05) is 60.0 Å². The van der Waals surface area contributed by atoms with Gasteiger partial charge in [0.2, 0.25) is 15.9 Å². The molecule has 1 saturated heterocycles. The van der Waals surface area contributed by atoms with Crippen molar-refractivity contribution in [3.63, 3.8) is 0 Å². The summed E-state index contributed by atoms with van der Waals surface area (Å²) in [5.74, 6) is 0.245. The number of ether oxygens (including phenoxy) is 1. The van der Waals surface area contributed by atoms with Crippen LogP contribution in [-0.2, 0) is 27.8 Å². The average molecular weight is 487 g/mol. The smallest absolute Gasteiger partial charge is 0.247 e. The van der Waals surface area contributed by atoms with Crippen LogP contribution in [-0.4, -0.2) is 49.0 Å². The van der Waals surface area contributed by atoms with E-state index >= 15 is 0 Å². The molecule has 0 atom stereocenters. The zero-order valence-electron chi connectivity index (χ0n) is 18.0. The van der Waals surface area contributed by atoms with Gasteiger partial charge in [0.25, 0.3) is 0 Å². The molecule has 172 valence electrons. The van der Waals surface area contributed by atoms with E-state index in [0.717, 1.165) is 23.2 Å². The van der Waals surface area contributed by atoms with E-state index in [4.69, 9.17) is 16.3 Å². The van der Waals surface area contributed by atoms with Gasteiger partial charge in [-0.2, -0.15) is 9.40 Å². The van der Waals surface area contributed by atoms with Gasteiger partial charge in [0.05, 0.1) is 12.8 Å². The van der Waals surface area contributed by atoms with Gasteiger partial charge in [-0.1, -0.05) is 23.7 Å². The first kappa shape index (κ1) is 21.9. The van der Waals surface area contributed by atoms with Crippen LogP contribution in [0.5, 0.6) is 5.75 Å². The van der Waals surface area contributed by atoms with Gasteiger partial charge < -0.3 is 9.64 Å². The highest BCUT2D eigenvalue weighted by Crippen LogP contribution is 2.36. The molecule has 1 fully saturated rings. The summed E-state index contributed by atoms with van der Waals surface area (Å²) in [6.45, 7) is 1.06. The number of benzene rings is 2. The van der Waals surface area contributed by atoms with Crippen molar-refractivity contribution < 1.29 is 17.9 Å². The van der Waals surface area contributed by atoms with Gasteiger partial charge in [-0.05, 0) is 36.8 Å². The number of nitrogens with zero attached hydrogens (tertiary/aromatic N) is 3. The first-order valence-electron chi connectivity index (χ1n) is 10.7. The first-order chi connectivity index (χ1) is 15.9. The quantitative estimate of drug-likeness (QED) is 0.594. The largest absolute Gasteiger partial charge is 0.495 e. The Bertz CT molecular complexity index is 1340. The Morgan fingerprint density at radius 3 is 2.70 bits per heavy atom. The summed E-state index contributed by atoms with van der Waals surface area (Å²) in [6.07, 6.45) is 1.74. The predicted molar refractivity (Wildman–Crippen MR) is 125 cm³/mol. The van der Waals surface area contributed by atoms with Crippen LogP contribution < -0.4 is 9.64 Å². The van der Waals surface area contributed by atoms with Crippen molar-refractivity contribution in [3.8, 4) is 17.0 Å². The number of anilines is 1. The minimum atomic E-state index is -3.90. The van der Waals surface area contributed by atoms with Crippen LogP contribution in [0, 0.1) is 0 Å². The molecule has 3 heterocycles. The van der Waals surface area contributed by atoms with Crippen LogP contribution in [0.15, 0.2) is 47.4 Å². The van der Waals surface area contributed by atoms with E-state index in [1.165, 1.54) is 11.4 Å². The number of hydrogen-bond donors (Lipinski definition) is 1. The third kappa shape index (κ3) is 3.90. The maximum atomic E-state index is 13.7. The van der Waals surface area contributed by atoms with Gasteiger partial charge >= 0.3 is 0 Å². The van der Waals surface area contributed by atoms with Crippen molar-refractivity contribution in [2.24, 2.45) is 0 Å². The molecular formula is C23H23ClN4O4S. The molecule has 0 aliphatic carbocycles. The summed E-state index contributed by atoms with van der Waals surface area (Å²) in [5.41, 5.74) is 3.83. The molecule has 1 aromatic heterocycles. The summed E-state index contributed by atoms with van der Waals surface area (Å²) >= 11 is 6.15. The highest BCUT2D eigenvalue weighted by molar-refractivity contribution is 7.89. The number of carbonyl (C=O) groups is 1. The second kappa shape index (κ2) is 8.48. The lowest BCUT2D eigenvalue weighted by Crippen LogP contribution is -2.36. The lowest BCUT2D eigenvalue weighted by Gasteiger charge is -2.28. The molecule has 2 aliphatic rings. The number of H-pyrrole nitrogens is 1. The number of fused-ring (bicyclic) bond motifs is 1. The Morgan fingerprint density at radius 1 is 1.12 bits per heavy atom. The number of halogens is 1. The minimum Gasteiger partial charge on any atom is -0.495 e. The monoisotopic (exact) mass is 486 g/mol. The first-order valence-corrected chi connectivity index (χ1v) is 12.5. The van der Waals surface area contributed by atoms with Crippen molar-refractivity contribution >= 4 is 33.2 Å². The summed E-state index contributed by atoms with van der Waals surface area (Å²) in [5, 5.41) is 8.06. The van der Waals surface area contributed by atoms with Crippen LogP contribution in [0.2, 0.25) is 5.02 Å². The lowest BCUT2D eigenvalue weighted by atomic mass is 10.0. The molecule has 0 radical (unpaired) electrons. The number of aromatic amines is 1. The van der Waals surface area contributed by atoms with E-state index in [1.807, 2.05) is 18.2 Å². The summed E-state index contributed by atoms with van der Waals surface area (Å²) in [7, 11) is -2.46. The van der Waals surface area contributed by atoms with Crippen LogP contribution in [0.3, 0.4) is 0 Å². The molecule has 8 nitrogen and oxygen atoms in total. The molecule has 0 unspecified atom stereocenters. The zero-order chi connectivity index (χ0) is 23.2. The number of rotatable bonds is 5. The van der Waals surface area contributed by atoms with Crippen molar-refractivity contribution in [1.29, 1.82) is 0 Å². The third-order valence-electron chi connectivity index (χ3n) is 6.15. The summed E-state index contributed by atoms with van der Waals surface area (Å²) in [4.78, 5) is 13.9. The van der Waals surface area contributed by atoms with Gasteiger partial charge in [0.1, 0.15) is 10.6 Å². The van der Waals surface area contributed by atoms with E-state index in [0.29, 0.717) is 42.3 Å². The number of aromatic nitrogens is 2. The van der Waals surface area contributed by atoms with Crippen molar-refractivity contribution in [1.82, 2.24) is 14.5 Å². The maximum Gasteiger partial charge on any atom is 0.247 e. The Morgan fingerprint density at radius 2 is 1.97 bits per heavy atom. The molecule has 3 aromatic rings. The van der Waals surface area contributed by atoms with E-state index < -0.39 is 10.0 Å². The molecule has 1 amide bonds. The summed E-state index contributed by atoms with van der Waals surface area (Å²) < 4.78 is 34.3. The molecule has 0 saturated carbocycles. The van der Waals surface area contributed by atoms with E-state index in [9.17, 15) is 13.2 Å². The fourth-order valence-electron chi connectivity index (χ4n) is 4.45. The Kier molecular flexibility index (Phi) is 5.64. The van der Waals surface area contributed by atoms with Gasteiger partial charge in [-0.3, -0.25) is 9.89 Å². The molecule has 0 bridgehead atoms. The number of methoxy groups -OCH3 is 1. The molecule has 2 aliphatic heterocycles. The highest BCUT2D eigenvalue weighted by atomic mass is 35.5. The maximum absolute atomic E-state index is 13.7. The highest BCUT2D eigenvalue weighted by Gasteiger charge is 2.34. The number of hydrogen-bond acceptors (Lipinski definition) is 5. The van der Waals surface area contributed by atoms with Crippen LogP contribution in [0.25, 0.3) is 11.3 Å². The predicted octanol–water partition coefficient (Wildman–Crippen LogP) is 3.61. The summed E-state index contributed by atoms with van der Waals surface area (Å²) in [6, 6.07) is 12.2. The van der Waals surface area contributed by atoms with E-state index in [-0.39, 0.29) is 23.1 Å². The Labute approximate surface area is 197 Å². The number of sulfonamides is 1. The fraction of sp³-hybridized carbons (Fsp3) is 0.304. The lowest BCUT2D eigenvalue weighted by molar-refractivity contribution is -0.117. The van der Waals surface area contributed by atoms with Gasteiger partial charge in [-0.25, -0.2) is 8.42 Å².